The minimum absolute atomic E-state index is 0. The van der Waals surface area contributed by atoms with Crippen LogP contribution in [-0.2, 0) is 6.18 Å². The van der Waals surface area contributed by atoms with Gasteiger partial charge in [-0.05, 0) is 30.0 Å². The Bertz CT molecular complexity index is 529. The van der Waals surface area contributed by atoms with Crippen molar-refractivity contribution >= 4 is 24.8 Å². The number of halogens is 6. The molecule has 2 aliphatic rings. The van der Waals surface area contributed by atoms with E-state index in [2.05, 4.69) is 10.2 Å². The van der Waals surface area contributed by atoms with E-state index in [1.807, 2.05) is 0 Å². The number of hydrogen-bond donors (Lipinski definition) is 1. The van der Waals surface area contributed by atoms with Gasteiger partial charge in [0.05, 0.1) is 5.56 Å². The third-order valence-corrected chi connectivity index (χ3v) is 4.53. The third-order valence-electron chi connectivity index (χ3n) is 4.53. The van der Waals surface area contributed by atoms with Crippen LogP contribution in [0.5, 0.6) is 0 Å². The Morgan fingerprint density at radius 1 is 1.12 bits per heavy atom. The van der Waals surface area contributed by atoms with Crippen LogP contribution >= 0.6 is 24.8 Å². The monoisotopic (exact) mass is 388 g/mol. The van der Waals surface area contributed by atoms with Gasteiger partial charge in [-0.1, -0.05) is 18.9 Å². The van der Waals surface area contributed by atoms with Gasteiger partial charge in [-0.25, -0.2) is 4.39 Å². The van der Waals surface area contributed by atoms with Crippen LogP contribution < -0.4 is 5.32 Å². The second kappa shape index (κ2) is 8.70. The number of nitrogens with one attached hydrogen (secondary N) is 1. The van der Waals surface area contributed by atoms with Crippen molar-refractivity contribution in [1.82, 2.24) is 10.2 Å². The van der Waals surface area contributed by atoms with Crippen molar-refractivity contribution in [2.75, 3.05) is 26.2 Å². The molecule has 1 atom stereocenters. The van der Waals surface area contributed by atoms with Crippen LogP contribution in [0.2, 0.25) is 0 Å². The molecule has 0 radical (unpaired) electrons. The van der Waals surface area contributed by atoms with E-state index in [-0.39, 0.29) is 36.4 Å². The van der Waals surface area contributed by atoms with Crippen molar-refractivity contribution in [1.29, 1.82) is 0 Å². The molecule has 0 bridgehead atoms. The van der Waals surface area contributed by atoms with Crippen LogP contribution in [0.3, 0.4) is 0 Å². The molecule has 8 heteroatoms. The van der Waals surface area contributed by atoms with Crippen molar-refractivity contribution in [2.24, 2.45) is 5.92 Å². The van der Waals surface area contributed by atoms with Crippen molar-refractivity contribution < 1.29 is 17.6 Å². The van der Waals surface area contributed by atoms with Gasteiger partial charge in [0.1, 0.15) is 5.82 Å². The molecular weight excluding hydrogens is 367 g/mol. The van der Waals surface area contributed by atoms with E-state index in [9.17, 15) is 17.6 Å². The predicted molar refractivity (Wildman–Crippen MR) is 90.4 cm³/mol. The molecule has 0 spiro atoms. The van der Waals surface area contributed by atoms with Gasteiger partial charge in [0, 0.05) is 32.2 Å². The standard InChI is InChI=1S/C16H20F4N2.2ClH/c17-12-3-4-13(14(10-12)16(18,19)20)15(9-11-1-2-11)22-7-5-21-6-8-22;;/h3-4,10-11,15,21H,1-2,5-9H2;2*1H/t15-;;/m0../s1. The maximum Gasteiger partial charge on any atom is 0.416 e. The van der Waals surface area contributed by atoms with E-state index in [0.29, 0.717) is 12.0 Å². The van der Waals surface area contributed by atoms with Gasteiger partial charge in [-0.2, -0.15) is 13.2 Å². The average Bonchev–Trinajstić information content (AvgIpc) is 3.29. The van der Waals surface area contributed by atoms with Gasteiger partial charge in [0.2, 0.25) is 0 Å². The Hall–Kier alpha value is -0.560. The Labute approximate surface area is 151 Å². The second-order valence-corrected chi connectivity index (χ2v) is 6.21. The lowest BCUT2D eigenvalue weighted by atomic mass is 9.93. The third kappa shape index (κ3) is 5.22. The number of alkyl halides is 3. The molecule has 1 aliphatic heterocycles. The second-order valence-electron chi connectivity index (χ2n) is 6.21. The number of benzene rings is 1. The quantitative estimate of drug-likeness (QED) is 0.767. The highest BCUT2D eigenvalue weighted by Crippen LogP contribution is 2.43. The van der Waals surface area contributed by atoms with Crippen LogP contribution in [0.25, 0.3) is 0 Å². The Kier molecular flexibility index (Phi) is 7.78. The highest BCUT2D eigenvalue weighted by atomic mass is 35.5. The molecule has 24 heavy (non-hydrogen) atoms. The molecule has 1 aromatic rings. The van der Waals surface area contributed by atoms with E-state index in [0.717, 1.165) is 51.5 Å². The maximum atomic E-state index is 13.3. The smallest absolute Gasteiger partial charge is 0.314 e. The summed E-state index contributed by atoms with van der Waals surface area (Å²) in [5.74, 6) is -0.326. The van der Waals surface area contributed by atoms with E-state index in [4.69, 9.17) is 0 Å². The Morgan fingerprint density at radius 3 is 2.29 bits per heavy atom. The first-order chi connectivity index (χ1) is 10.4. The van der Waals surface area contributed by atoms with Gasteiger partial charge in [0.15, 0.2) is 0 Å². The molecule has 1 aliphatic carbocycles. The van der Waals surface area contributed by atoms with E-state index in [1.54, 1.807) is 0 Å². The summed E-state index contributed by atoms with van der Waals surface area (Å²) >= 11 is 0. The van der Waals surface area contributed by atoms with Crippen molar-refractivity contribution in [3.05, 3.63) is 35.1 Å². The van der Waals surface area contributed by atoms with Gasteiger partial charge in [-0.3, -0.25) is 4.90 Å². The lowest BCUT2D eigenvalue weighted by molar-refractivity contribution is -0.139. The molecule has 1 saturated carbocycles. The van der Waals surface area contributed by atoms with Crippen LogP contribution in [0, 0.1) is 11.7 Å². The molecule has 3 rings (SSSR count). The molecule has 1 N–H and O–H groups in total. The van der Waals surface area contributed by atoms with Crippen molar-refractivity contribution in [3.8, 4) is 0 Å². The van der Waals surface area contributed by atoms with E-state index < -0.39 is 17.6 Å². The number of rotatable bonds is 4. The Balaban J connectivity index is 0.00000144. The first-order valence-electron chi connectivity index (χ1n) is 7.76. The lowest BCUT2D eigenvalue weighted by Crippen LogP contribution is -2.45. The molecular formula is C16H22Cl2F4N2. The zero-order valence-electron chi connectivity index (χ0n) is 13.1. The minimum atomic E-state index is -4.52. The highest BCUT2D eigenvalue weighted by Gasteiger charge is 2.39. The molecule has 2 nitrogen and oxygen atoms in total. The van der Waals surface area contributed by atoms with Gasteiger partial charge in [0.25, 0.3) is 0 Å². The first kappa shape index (κ1) is 21.5. The zero-order chi connectivity index (χ0) is 15.7. The van der Waals surface area contributed by atoms with Crippen molar-refractivity contribution in [2.45, 2.75) is 31.5 Å². The fourth-order valence-corrected chi connectivity index (χ4v) is 3.20. The molecule has 0 unspecified atom stereocenters. The molecule has 0 aromatic heterocycles. The largest absolute Gasteiger partial charge is 0.416 e. The van der Waals surface area contributed by atoms with Gasteiger partial charge >= 0.3 is 6.18 Å². The van der Waals surface area contributed by atoms with Gasteiger partial charge < -0.3 is 5.32 Å². The van der Waals surface area contributed by atoms with E-state index >= 15 is 0 Å². The summed E-state index contributed by atoms with van der Waals surface area (Å²) in [6.45, 7) is 3.02. The summed E-state index contributed by atoms with van der Waals surface area (Å²) in [6, 6.07) is 2.84. The predicted octanol–water partition coefficient (Wildman–Crippen LogP) is 4.43. The fraction of sp³-hybridized carbons (Fsp3) is 0.625. The number of nitrogens with zero attached hydrogens (tertiary/aromatic N) is 1. The maximum absolute atomic E-state index is 13.3. The van der Waals surface area contributed by atoms with Gasteiger partial charge in [-0.15, -0.1) is 24.8 Å². The van der Waals surface area contributed by atoms with Crippen molar-refractivity contribution in [3.63, 3.8) is 0 Å². The fourth-order valence-electron chi connectivity index (χ4n) is 3.20. The summed E-state index contributed by atoms with van der Waals surface area (Å²) in [7, 11) is 0. The van der Waals surface area contributed by atoms with Crippen LogP contribution in [0.4, 0.5) is 17.6 Å². The highest BCUT2D eigenvalue weighted by molar-refractivity contribution is 5.85. The molecule has 1 heterocycles. The van der Waals surface area contributed by atoms with Crippen LogP contribution in [0.15, 0.2) is 18.2 Å². The lowest BCUT2D eigenvalue weighted by Gasteiger charge is -2.36. The molecule has 1 aromatic carbocycles. The summed E-state index contributed by atoms with van der Waals surface area (Å²) < 4.78 is 53.3. The first-order valence-corrected chi connectivity index (χ1v) is 7.76. The summed E-state index contributed by atoms with van der Waals surface area (Å²) in [4.78, 5) is 2.11. The number of hydrogen-bond acceptors (Lipinski definition) is 2. The summed E-state index contributed by atoms with van der Waals surface area (Å²) in [6.07, 6.45) is -1.61. The van der Waals surface area contributed by atoms with E-state index in [1.165, 1.54) is 6.07 Å². The topological polar surface area (TPSA) is 15.3 Å². The summed E-state index contributed by atoms with van der Waals surface area (Å²) in [5.41, 5.74) is -0.598. The molecule has 1 saturated heterocycles. The molecule has 2 fully saturated rings. The van der Waals surface area contributed by atoms with Crippen LogP contribution in [0.1, 0.15) is 36.4 Å². The van der Waals surface area contributed by atoms with Crippen LogP contribution in [-0.4, -0.2) is 31.1 Å². The zero-order valence-corrected chi connectivity index (χ0v) is 14.7. The SMILES string of the molecule is Cl.Cl.Fc1ccc([C@H](CC2CC2)N2CCNCC2)c(C(F)(F)F)c1. The normalized spacial score (nSPS) is 20.0. The summed E-state index contributed by atoms with van der Waals surface area (Å²) in [5, 5.41) is 3.22. The minimum Gasteiger partial charge on any atom is -0.314 e. The Morgan fingerprint density at radius 2 is 1.75 bits per heavy atom. The molecule has 0 amide bonds. The number of piperazine rings is 1. The molecule has 138 valence electrons. The average molecular weight is 389 g/mol.